The number of nitrogens with zero attached hydrogens (tertiary/aromatic N) is 4. The SMILES string of the molecule is CCn1c(SCC(=O)Nc2ccc(C(=O)O)cc2)nnc1-c1ccc(S(=O)(=O)N2CCCCC2)cc1. The molecule has 0 atom stereocenters. The van der Waals surface area contributed by atoms with Crippen molar-refractivity contribution in [3.05, 3.63) is 54.1 Å². The van der Waals surface area contributed by atoms with E-state index >= 15 is 0 Å². The predicted octanol–water partition coefficient (Wildman–Crippen LogP) is 3.57. The number of hydrogen-bond donors (Lipinski definition) is 2. The maximum atomic E-state index is 12.9. The molecule has 2 aromatic carbocycles. The summed E-state index contributed by atoms with van der Waals surface area (Å²) in [5.41, 5.74) is 1.38. The van der Waals surface area contributed by atoms with Crippen LogP contribution >= 0.6 is 11.8 Å². The number of carboxylic acid groups (broad SMARTS) is 1. The van der Waals surface area contributed by atoms with E-state index in [1.807, 2.05) is 11.5 Å². The Labute approximate surface area is 213 Å². The van der Waals surface area contributed by atoms with E-state index in [2.05, 4.69) is 15.5 Å². The molecule has 1 fully saturated rings. The number of sulfonamides is 1. The smallest absolute Gasteiger partial charge is 0.335 e. The lowest BCUT2D eigenvalue weighted by molar-refractivity contribution is -0.113. The summed E-state index contributed by atoms with van der Waals surface area (Å²) < 4.78 is 29.2. The molecule has 0 unspecified atom stereocenters. The number of nitrogens with one attached hydrogen (secondary N) is 1. The van der Waals surface area contributed by atoms with Crippen LogP contribution in [-0.2, 0) is 21.4 Å². The van der Waals surface area contributed by atoms with Crippen molar-refractivity contribution in [2.45, 2.75) is 42.8 Å². The van der Waals surface area contributed by atoms with Gasteiger partial charge in [0.25, 0.3) is 0 Å². The zero-order chi connectivity index (χ0) is 25.7. The molecule has 10 nitrogen and oxygen atoms in total. The molecule has 2 heterocycles. The number of piperidine rings is 1. The quantitative estimate of drug-likeness (QED) is 0.402. The van der Waals surface area contributed by atoms with Crippen molar-refractivity contribution in [1.29, 1.82) is 0 Å². The first kappa shape index (κ1) is 25.9. The van der Waals surface area contributed by atoms with Crippen molar-refractivity contribution < 1.29 is 23.1 Å². The Morgan fingerprint density at radius 2 is 1.67 bits per heavy atom. The first-order valence-corrected chi connectivity index (χ1v) is 14.0. The highest BCUT2D eigenvalue weighted by atomic mass is 32.2. The molecule has 0 saturated carbocycles. The van der Waals surface area contributed by atoms with Gasteiger partial charge in [-0.1, -0.05) is 18.2 Å². The van der Waals surface area contributed by atoms with E-state index in [-0.39, 0.29) is 22.1 Å². The molecule has 12 heteroatoms. The second kappa shape index (κ2) is 11.2. The molecular formula is C24H27N5O5S2. The minimum Gasteiger partial charge on any atom is -0.478 e. The van der Waals surface area contributed by atoms with Crippen LogP contribution in [0.4, 0.5) is 5.69 Å². The van der Waals surface area contributed by atoms with Crippen LogP contribution in [-0.4, -0.2) is 63.3 Å². The number of aromatic carboxylic acids is 1. The third-order valence-electron chi connectivity index (χ3n) is 5.85. The van der Waals surface area contributed by atoms with E-state index in [0.29, 0.717) is 36.3 Å². The Balaban J connectivity index is 1.42. The summed E-state index contributed by atoms with van der Waals surface area (Å²) in [6.45, 7) is 3.61. The standard InChI is InChI=1S/C24H27N5O5S2/c1-2-29-22(17-8-12-20(13-9-17)36(33,34)28-14-4-3-5-15-28)26-27-24(29)35-16-21(30)25-19-10-6-18(7-11-19)23(31)32/h6-13H,2-5,14-16H2,1H3,(H,25,30)(H,31,32). The van der Waals surface area contributed by atoms with Gasteiger partial charge in [-0.25, -0.2) is 13.2 Å². The van der Waals surface area contributed by atoms with Crippen molar-refractivity contribution in [3.63, 3.8) is 0 Å². The average molecular weight is 530 g/mol. The van der Waals surface area contributed by atoms with Crippen LogP contribution in [0.1, 0.15) is 36.5 Å². The summed E-state index contributed by atoms with van der Waals surface area (Å²) in [5.74, 6) is -0.614. The van der Waals surface area contributed by atoms with Crippen LogP contribution in [0.2, 0.25) is 0 Å². The Morgan fingerprint density at radius 1 is 1.00 bits per heavy atom. The molecule has 1 saturated heterocycles. The molecule has 4 rings (SSSR count). The summed E-state index contributed by atoms with van der Waals surface area (Å²) in [6.07, 6.45) is 2.82. The Kier molecular flexibility index (Phi) is 8.07. The second-order valence-corrected chi connectivity index (χ2v) is 11.1. The topological polar surface area (TPSA) is 134 Å². The van der Waals surface area contributed by atoms with Crippen molar-refractivity contribution in [2.24, 2.45) is 0 Å². The van der Waals surface area contributed by atoms with E-state index in [0.717, 1.165) is 24.8 Å². The number of anilines is 1. The fourth-order valence-corrected chi connectivity index (χ4v) is 6.27. The number of thioether (sulfide) groups is 1. The normalized spacial score (nSPS) is 14.5. The molecule has 2 N–H and O–H groups in total. The lowest BCUT2D eigenvalue weighted by atomic mass is 10.2. The zero-order valence-electron chi connectivity index (χ0n) is 19.8. The summed E-state index contributed by atoms with van der Waals surface area (Å²) in [5, 5.41) is 20.8. The third kappa shape index (κ3) is 5.77. The van der Waals surface area contributed by atoms with E-state index in [1.165, 1.54) is 36.0 Å². The lowest BCUT2D eigenvalue weighted by Crippen LogP contribution is -2.35. The fourth-order valence-electron chi connectivity index (χ4n) is 3.95. The highest BCUT2D eigenvalue weighted by molar-refractivity contribution is 7.99. The van der Waals surface area contributed by atoms with E-state index in [1.54, 1.807) is 28.6 Å². The molecule has 0 spiro atoms. The molecule has 190 valence electrons. The van der Waals surface area contributed by atoms with Crippen LogP contribution in [0.3, 0.4) is 0 Å². The van der Waals surface area contributed by atoms with Gasteiger partial charge in [-0.15, -0.1) is 10.2 Å². The largest absolute Gasteiger partial charge is 0.478 e. The third-order valence-corrected chi connectivity index (χ3v) is 8.73. The van der Waals surface area contributed by atoms with E-state index in [4.69, 9.17) is 5.11 Å². The first-order valence-electron chi connectivity index (χ1n) is 11.6. The van der Waals surface area contributed by atoms with Gasteiger partial charge in [0.2, 0.25) is 15.9 Å². The lowest BCUT2D eigenvalue weighted by Gasteiger charge is -2.25. The van der Waals surface area contributed by atoms with Gasteiger partial charge in [-0.2, -0.15) is 4.31 Å². The van der Waals surface area contributed by atoms with Crippen LogP contribution in [0, 0.1) is 0 Å². The number of amides is 1. The van der Waals surface area contributed by atoms with Gasteiger partial charge in [-0.3, -0.25) is 4.79 Å². The van der Waals surface area contributed by atoms with Crippen LogP contribution < -0.4 is 5.32 Å². The monoisotopic (exact) mass is 529 g/mol. The molecule has 0 bridgehead atoms. The number of hydrogen-bond acceptors (Lipinski definition) is 7. The van der Waals surface area contributed by atoms with Crippen LogP contribution in [0.25, 0.3) is 11.4 Å². The van der Waals surface area contributed by atoms with Crippen molar-refractivity contribution in [3.8, 4) is 11.4 Å². The summed E-state index contributed by atoms with van der Waals surface area (Å²) >= 11 is 1.23. The molecule has 1 amide bonds. The van der Waals surface area contributed by atoms with E-state index < -0.39 is 16.0 Å². The number of aromatic nitrogens is 3. The summed E-state index contributed by atoms with van der Waals surface area (Å²) in [4.78, 5) is 23.6. The molecule has 1 aliphatic rings. The minimum absolute atomic E-state index is 0.0891. The molecule has 36 heavy (non-hydrogen) atoms. The van der Waals surface area contributed by atoms with Gasteiger partial charge < -0.3 is 15.0 Å². The number of carboxylic acids is 1. The minimum atomic E-state index is -3.51. The Hall–Kier alpha value is -3.22. The van der Waals surface area contributed by atoms with Crippen molar-refractivity contribution in [1.82, 2.24) is 19.1 Å². The van der Waals surface area contributed by atoms with Gasteiger partial charge in [0, 0.05) is 30.9 Å². The first-order chi connectivity index (χ1) is 17.3. The van der Waals surface area contributed by atoms with Crippen LogP contribution in [0.15, 0.2) is 58.6 Å². The molecular weight excluding hydrogens is 502 g/mol. The molecule has 1 aliphatic heterocycles. The van der Waals surface area contributed by atoms with Gasteiger partial charge in [0.15, 0.2) is 11.0 Å². The summed E-state index contributed by atoms with van der Waals surface area (Å²) in [6, 6.07) is 12.6. The Bertz CT molecular complexity index is 1330. The number of rotatable bonds is 9. The van der Waals surface area contributed by atoms with Crippen molar-refractivity contribution in [2.75, 3.05) is 24.2 Å². The molecule has 0 radical (unpaired) electrons. The number of carbonyl (C=O) groups excluding carboxylic acids is 1. The number of carbonyl (C=O) groups is 2. The summed E-state index contributed by atoms with van der Waals surface area (Å²) in [7, 11) is -3.51. The van der Waals surface area contributed by atoms with E-state index in [9.17, 15) is 18.0 Å². The Morgan fingerprint density at radius 3 is 2.28 bits per heavy atom. The van der Waals surface area contributed by atoms with Crippen LogP contribution in [0.5, 0.6) is 0 Å². The van der Waals surface area contributed by atoms with Gasteiger partial charge in [0.1, 0.15) is 0 Å². The average Bonchev–Trinajstić information content (AvgIpc) is 3.31. The highest BCUT2D eigenvalue weighted by Gasteiger charge is 2.26. The predicted molar refractivity (Wildman–Crippen MR) is 136 cm³/mol. The van der Waals surface area contributed by atoms with Gasteiger partial charge >= 0.3 is 5.97 Å². The highest BCUT2D eigenvalue weighted by Crippen LogP contribution is 2.27. The maximum absolute atomic E-state index is 12.9. The maximum Gasteiger partial charge on any atom is 0.335 e. The second-order valence-electron chi connectivity index (χ2n) is 8.26. The van der Waals surface area contributed by atoms with Gasteiger partial charge in [-0.05, 0) is 68.3 Å². The molecule has 3 aromatic rings. The molecule has 1 aromatic heterocycles. The number of benzene rings is 2. The zero-order valence-corrected chi connectivity index (χ0v) is 21.4. The fraction of sp³-hybridized carbons (Fsp3) is 0.333. The molecule has 0 aliphatic carbocycles. The van der Waals surface area contributed by atoms with Crippen molar-refractivity contribution >= 4 is 39.3 Å². The van der Waals surface area contributed by atoms with Gasteiger partial charge in [0.05, 0.1) is 16.2 Å².